The molecular formula is C24H32N2O5. The van der Waals surface area contributed by atoms with Crippen LogP contribution in [0.2, 0.25) is 0 Å². The van der Waals surface area contributed by atoms with Gasteiger partial charge in [0.15, 0.2) is 11.5 Å². The van der Waals surface area contributed by atoms with E-state index in [-0.39, 0.29) is 5.91 Å². The van der Waals surface area contributed by atoms with Crippen molar-refractivity contribution in [2.24, 2.45) is 0 Å². The fourth-order valence-electron chi connectivity index (χ4n) is 3.91. The first-order valence-corrected chi connectivity index (χ1v) is 10.5. The predicted octanol–water partition coefficient (Wildman–Crippen LogP) is 3.39. The largest absolute Gasteiger partial charge is 0.497 e. The van der Waals surface area contributed by atoms with Gasteiger partial charge >= 0.3 is 0 Å². The Morgan fingerprint density at radius 2 is 1.52 bits per heavy atom. The van der Waals surface area contributed by atoms with Gasteiger partial charge in [-0.25, -0.2) is 0 Å². The third kappa shape index (κ3) is 5.54. The van der Waals surface area contributed by atoms with Crippen LogP contribution in [0.3, 0.4) is 0 Å². The Balaban J connectivity index is 1.58. The van der Waals surface area contributed by atoms with Gasteiger partial charge in [0.05, 0.1) is 28.4 Å². The van der Waals surface area contributed by atoms with E-state index in [0.29, 0.717) is 30.1 Å². The van der Waals surface area contributed by atoms with E-state index in [2.05, 4.69) is 17.0 Å². The van der Waals surface area contributed by atoms with Crippen LogP contribution in [0.4, 0.5) is 5.69 Å². The summed E-state index contributed by atoms with van der Waals surface area (Å²) in [5, 5.41) is 0. The van der Waals surface area contributed by atoms with Crippen LogP contribution in [0.5, 0.6) is 23.0 Å². The van der Waals surface area contributed by atoms with E-state index in [9.17, 15) is 4.79 Å². The van der Waals surface area contributed by atoms with Crippen molar-refractivity contribution >= 4 is 11.6 Å². The molecule has 0 spiro atoms. The van der Waals surface area contributed by atoms with Crippen LogP contribution in [0.25, 0.3) is 0 Å². The van der Waals surface area contributed by atoms with Crippen LogP contribution in [0, 0.1) is 0 Å². The van der Waals surface area contributed by atoms with Crippen molar-refractivity contribution in [2.75, 3.05) is 59.5 Å². The molecule has 1 amide bonds. The Morgan fingerprint density at radius 1 is 0.839 bits per heavy atom. The number of anilines is 1. The molecule has 2 aromatic rings. The second-order valence-corrected chi connectivity index (χ2v) is 7.45. The molecule has 168 valence electrons. The van der Waals surface area contributed by atoms with Gasteiger partial charge in [0.2, 0.25) is 11.7 Å². The molecule has 0 saturated carbocycles. The lowest BCUT2D eigenvalue weighted by molar-refractivity contribution is -0.130. The smallest absolute Gasteiger partial charge is 0.222 e. The van der Waals surface area contributed by atoms with Crippen molar-refractivity contribution < 1.29 is 23.7 Å². The summed E-state index contributed by atoms with van der Waals surface area (Å²) in [6.45, 7) is 3.26. The van der Waals surface area contributed by atoms with E-state index in [4.69, 9.17) is 18.9 Å². The highest BCUT2D eigenvalue weighted by Crippen LogP contribution is 2.38. The molecule has 31 heavy (non-hydrogen) atoms. The molecule has 0 unspecified atom stereocenters. The van der Waals surface area contributed by atoms with Gasteiger partial charge in [-0.15, -0.1) is 0 Å². The number of methoxy groups -OCH3 is 4. The summed E-state index contributed by atoms with van der Waals surface area (Å²) >= 11 is 0. The van der Waals surface area contributed by atoms with E-state index in [1.54, 1.807) is 28.4 Å². The number of hydrogen-bond acceptors (Lipinski definition) is 6. The predicted molar refractivity (Wildman–Crippen MR) is 121 cm³/mol. The first-order valence-electron chi connectivity index (χ1n) is 10.5. The molecular weight excluding hydrogens is 396 g/mol. The fraction of sp³-hybridized carbons (Fsp3) is 0.458. The molecule has 3 rings (SSSR count). The number of nitrogens with zero attached hydrogens (tertiary/aromatic N) is 2. The van der Waals surface area contributed by atoms with E-state index in [1.807, 2.05) is 29.2 Å². The van der Waals surface area contributed by atoms with Crippen molar-refractivity contribution in [1.82, 2.24) is 4.90 Å². The minimum absolute atomic E-state index is 0.172. The van der Waals surface area contributed by atoms with Crippen LogP contribution < -0.4 is 23.8 Å². The van der Waals surface area contributed by atoms with E-state index >= 15 is 0 Å². The molecule has 1 aliphatic rings. The first-order chi connectivity index (χ1) is 15.1. The number of rotatable bonds is 8. The van der Waals surface area contributed by atoms with Crippen molar-refractivity contribution in [3.8, 4) is 23.0 Å². The third-order valence-corrected chi connectivity index (χ3v) is 5.64. The molecule has 0 N–H and O–H groups in total. The number of hydrogen-bond donors (Lipinski definition) is 0. The number of amides is 1. The van der Waals surface area contributed by atoms with Crippen LogP contribution >= 0.6 is 0 Å². The summed E-state index contributed by atoms with van der Waals surface area (Å²) in [6, 6.07) is 11.9. The minimum Gasteiger partial charge on any atom is -0.497 e. The highest BCUT2D eigenvalue weighted by Gasteiger charge is 2.20. The van der Waals surface area contributed by atoms with Gasteiger partial charge in [-0.2, -0.15) is 0 Å². The average Bonchev–Trinajstić information content (AvgIpc) is 3.08. The first kappa shape index (κ1) is 22.6. The Labute approximate surface area is 184 Å². The SMILES string of the molecule is COc1ccc(N2CCCN(C(=O)CCc3cc(OC)c(OC)c(OC)c3)CC2)cc1. The van der Waals surface area contributed by atoms with Gasteiger partial charge < -0.3 is 28.7 Å². The molecule has 7 heteroatoms. The average molecular weight is 429 g/mol. The molecule has 7 nitrogen and oxygen atoms in total. The highest BCUT2D eigenvalue weighted by molar-refractivity contribution is 5.76. The Hall–Kier alpha value is -3.09. The zero-order valence-corrected chi connectivity index (χ0v) is 18.8. The molecule has 1 fully saturated rings. The van der Waals surface area contributed by atoms with Gasteiger partial charge in [0.1, 0.15) is 5.75 Å². The molecule has 0 aliphatic carbocycles. The zero-order chi connectivity index (χ0) is 22.2. The van der Waals surface area contributed by atoms with Crippen molar-refractivity contribution in [3.05, 3.63) is 42.0 Å². The van der Waals surface area contributed by atoms with Gasteiger partial charge in [0.25, 0.3) is 0 Å². The van der Waals surface area contributed by atoms with Crippen LogP contribution in [-0.2, 0) is 11.2 Å². The van der Waals surface area contributed by atoms with Crippen LogP contribution in [0.15, 0.2) is 36.4 Å². The monoisotopic (exact) mass is 428 g/mol. The summed E-state index contributed by atoms with van der Waals surface area (Å²) in [7, 11) is 6.44. The van der Waals surface area contributed by atoms with E-state index in [1.165, 1.54) is 0 Å². The van der Waals surface area contributed by atoms with E-state index in [0.717, 1.165) is 49.6 Å². The lowest BCUT2D eigenvalue weighted by Gasteiger charge is -2.24. The van der Waals surface area contributed by atoms with Crippen molar-refractivity contribution in [1.29, 1.82) is 0 Å². The Bertz CT molecular complexity index is 844. The minimum atomic E-state index is 0.172. The summed E-state index contributed by atoms with van der Waals surface area (Å²) in [6.07, 6.45) is 2.01. The number of ether oxygens (including phenoxy) is 4. The van der Waals surface area contributed by atoms with E-state index < -0.39 is 0 Å². The van der Waals surface area contributed by atoms with Gasteiger partial charge in [-0.1, -0.05) is 0 Å². The zero-order valence-electron chi connectivity index (χ0n) is 18.8. The third-order valence-electron chi connectivity index (χ3n) is 5.64. The second-order valence-electron chi connectivity index (χ2n) is 7.45. The molecule has 0 radical (unpaired) electrons. The molecule has 0 bridgehead atoms. The Morgan fingerprint density at radius 3 is 2.10 bits per heavy atom. The Kier molecular flexibility index (Phi) is 7.87. The topological polar surface area (TPSA) is 60.5 Å². The van der Waals surface area contributed by atoms with Crippen LogP contribution in [0.1, 0.15) is 18.4 Å². The molecule has 2 aromatic carbocycles. The maximum absolute atomic E-state index is 12.9. The summed E-state index contributed by atoms with van der Waals surface area (Å²) in [5.74, 6) is 2.79. The van der Waals surface area contributed by atoms with Crippen molar-refractivity contribution in [3.63, 3.8) is 0 Å². The second kappa shape index (κ2) is 10.8. The number of aryl methyl sites for hydroxylation is 1. The number of carbonyl (C=O) groups is 1. The number of carbonyl (C=O) groups excluding carboxylic acids is 1. The van der Waals surface area contributed by atoms with Gasteiger partial charge in [-0.05, 0) is 54.8 Å². The molecule has 1 aliphatic heterocycles. The van der Waals surface area contributed by atoms with Crippen molar-refractivity contribution in [2.45, 2.75) is 19.3 Å². The normalized spacial score (nSPS) is 14.1. The lowest BCUT2D eigenvalue weighted by Crippen LogP contribution is -2.35. The highest BCUT2D eigenvalue weighted by atomic mass is 16.5. The lowest BCUT2D eigenvalue weighted by atomic mass is 10.1. The number of benzene rings is 2. The molecule has 0 atom stereocenters. The molecule has 0 aromatic heterocycles. The summed E-state index contributed by atoms with van der Waals surface area (Å²) in [4.78, 5) is 17.2. The fourth-order valence-corrected chi connectivity index (χ4v) is 3.91. The molecule has 1 heterocycles. The standard InChI is InChI=1S/C24H32N2O5/c1-28-20-9-7-19(8-10-20)25-12-5-13-26(15-14-25)23(27)11-6-18-16-21(29-2)24(31-4)22(17-18)30-3/h7-10,16-17H,5-6,11-15H2,1-4H3. The summed E-state index contributed by atoms with van der Waals surface area (Å²) < 4.78 is 21.4. The summed E-state index contributed by atoms with van der Waals surface area (Å²) in [5.41, 5.74) is 2.14. The van der Waals surface area contributed by atoms with Crippen LogP contribution in [-0.4, -0.2) is 65.4 Å². The van der Waals surface area contributed by atoms with Gasteiger partial charge in [0, 0.05) is 38.3 Å². The maximum atomic E-state index is 12.9. The molecule has 1 saturated heterocycles. The quantitative estimate of drug-likeness (QED) is 0.642. The maximum Gasteiger partial charge on any atom is 0.222 e. The van der Waals surface area contributed by atoms with Gasteiger partial charge in [-0.3, -0.25) is 4.79 Å².